The van der Waals surface area contributed by atoms with E-state index in [-0.39, 0.29) is 5.57 Å². The van der Waals surface area contributed by atoms with Gasteiger partial charge in [0, 0.05) is 6.42 Å². The zero-order valence-electron chi connectivity index (χ0n) is 10.8. The third-order valence-corrected chi connectivity index (χ3v) is 2.97. The van der Waals surface area contributed by atoms with Crippen LogP contribution in [0.15, 0.2) is 54.3 Å². The van der Waals surface area contributed by atoms with Gasteiger partial charge < -0.3 is 9.84 Å². The van der Waals surface area contributed by atoms with Gasteiger partial charge in [0.05, 0.1) is 18.4 Å². The van der Waals surface area contributed by atoms with Crippen LogP contribution in [0.1, 0.15) is 12.5 Å². The van der Waals surface area contributed by atoms with E-state index in [0.29, 0.717) is 6.61 Å². The van der Waals surface area contributed by atoms with Crippen molar-refractivity contribution in [3.05, 3.63) is 59.9 Å². The summed E-state index contributed by atoms with van der Waals surface area (Å²) in [5.74, 6) is -0.954. The van der Waals surface area contributed by atoms with E-state index in [0.717, 1.165) is 6.42 Å². The van der Waals surface area contributed by atoms with Gasteiger partial charge in [-0.05, 0) is 23.3 Å². The summed E-state index contributed by atoms with van der Waals surface area (Å²) in [6.45, 7) is 1.98. The molecule has 2 aromatic carbocycles. The lowest BCUT2D eigenvalue weighted by atomic mass is 10.0. The van der Waals surface area contributed by atoms with Gasteiger partial charge in [-0.3, -0.25) is 0 Å². The Kier molecular flexibility index (Phi) is 4.18. The smallest absolute Gasteiger partial charge is 0.334 e. The van der Waals surface area contributed by atoms with E-state index in [2.05, 4.69) is 24.3 Å². The molecule has 0 amide bonds. The molecule has 3 nitrogen and oxygen atoms in total. The second kappa shape index (κ2) is 6.05. The number of hydrogen-bond acceptors (Lipinski definition) is 2. The van der Waals surface area contributed by atoms with Crippen molar-refractivity contribution in [2.75, 3.05) is 6.61 Å². The third-order valence-electron chi connectivity index (χ3n) is 2.97. The third kappa shape index (κ3) is 3.35. The Morgan fingerprint density at radius 2 is 1.95 bits per heavy atom. The van der Waals surface area contributed by atoms with Crippen LogP contribution in [0.5, 0.6) is 0 Å². The second-order valence-corrected chi connectivity index (χ2v) is 4.37. The van der Waals surface area contributed by atoms with Crippen molar-refractivity contribution in [2.24, 2.45) is 0 Å². The first-order valence-electron chi connectivity index (χ1n) is 6.17. The monoisotopic (exact) mass is 256 g/mol. The number of carboxylic acids is 1. The number of carboxylic acid groups (broad SMARTS) is 1. The second-order valence-electron chi connectivity index (χ2n) is 4.37. The van der Waals surface area contributed by atoms with Crippen LogP contribution >= 0.6 is 0 Å². The summed E-state index contributed by atoms with van der Waals surface area (Å²) >= 11 is 0. The molecule has 0 radical (unpaired) electrons. The predicted octanol–water partition coefficient (Wildman–Crippen LogP) is 3.39. The maximum absolute atomic E-state index is 10.6. The SMILES string of the molecule is CC(=COCCc1cccc2ccccc12)C(=O)O. The standard InChI is InChI=1S/C16H16O3/c1-12(16(17)18)11-19-10-9-14-7-4-6-13-5-2-3-8-15(13)14/h2-8,11H,9-10H2,1H3,(H,17,18). The lowest BCUT2D eigenvalue weighted by molar-refractivity contribution is -0.132. The van der Waals surface area contributed by atoms with E-state index < -0.39 is 5.97 Å². The minimum absolute atomic E-state index is 0.206. The quantitative estimate of drug-likeness (QED) is 0.506. The molecule has 0 saturated heterocycles. The van der Waals surface area contributed by atoms with E-state index in [4.69, 9.17) is 9.84 Å². The van der Waals surface area contributed by atoms with Crippen LogP contribution in [0.3, 0.4) is 0 Å². The molecule has 0 spiro atoms. The van der Waals surface area contributed by atoms with Crippen molar-refractivity contribution in [1.29, 1.82) is 0 Å². The van der Waals surface area contributed by atoms with Gasteiger partial charge in [-0.25, -0.2) is 4.79 Å². The Morgan fingerprint density at radius 3 is 2.74 bits per heavy atom. The van der Waals surface area contributed by atoms with Gasteiger partial charge in [0.25, 0.3) is 0 Å². The van der Waals surface area contributed by atoms with Gasteiger partial charge in [0.1, 0.15) is 0 Å². The van der Waals surface area contributed by atoms with Crippen molar-refractivity contribution >= 4 is 16.7 Å². The highest BCUT2D eigenvalue weighted by Crippen LogP contribution is 2.18. The normalized spacial score (nSPS) is 11.5. The molecule has 0 fully saturated rings. The van der Waals surface area contributed by atoms with Gasteiger partial charge in [-0.2, -0.15) is 0 Å². The first-order valence-corrected chi connectivity index (χ1v) is 6.17. The maximum atomic E-state index is 10.6. The number of fused-ring (bicyclic) bond motifs is 1. The summed E-state index contributed by atoms with van der Waals surface area (Å²) in [5.41, 5.74) is 1.41. The molecule has 2 rings (SSSR count). The van der Waals surface area contributed by atoms with Crippen molar-refractivity contribution in [1.82, 2.24) is 0 Å². The van der Waals surface area contributed by atoms with Crippen LogP contribution in [0, 0.1) is 0 Å². The molecular weight excluding hydrogens is 240 g/mol. The molecule has 0 atom stereocenters. The molecule has 0 aliphatic heterocycles. The Morgan fingerprint density at radius 1 is 1.21 bits per heavy atom. The first-order chi connectivity index (χ1) is 9.18. The highest BCUT2D eigenvalue weighted by atomic mass is 16.5. The fraction of sp³-hybridized carbons (Fsp3) is 0.188. The zero-order chi connectivity index (χ0) is 13.7. The van der Waals surface area contributed by atoms with Gasteiger partial charge in [0.15, 0.2) is 0 Å². The number of ether oxygens (including phenoxy) is 1. The highest BCUT2D eigenvalue weighted by molar-refractivity contribution is 5.86. The largest absolute Gasteiger partial charge is 0.500 e. The molecule has 0 saturated carbocycles. The number of rotatable bonds is 5. The van der Waals surface area contributed by atoms with Crippen LogP contribution in [-0.2, 0) is 16.0 Å². The summed E-state index contributed by atoms with van der Waals surface area (Å²) in [6.07, 6.45) is 2.05. The fourth-order valence-electron chi connectivity index (χ4n) is 1.91. The summed E-state index contributed by atoms with van der Waals surface area (Å²) < 4.78 is 5.27. The van der Waals surface area contributed by atoms with Gasteiger partial charge >= 0.3 is 5.97 Å². The van der Waals surface area contributed by atoms with Crippen LogP contribution in [0.25, 0.3) is 10.8 Å². The van der Waals surface area contributed by atoms with Crippen molar-refractivity contribution in [3.8, 4) is 0 Å². The van der Waals surface area contributed by atoms with E-state index in [1.54, 1.807) is 0 Å². The Balaban J connectivity index is 2.03. The molecule has 0 aliphatic rings. The molecule has 2 aromatic rings. The van der Waals surface area contributed by atoms with Crippen molar-refractivity contribution in [2.45, 2.75) is 13.3 Å². The average Bonchev–Trinajstić information content (AvgIpc) is 2.43. The number of benzene rings is 2. The van der Waals surface area contributed by atoms with Crippen molar-refractivity contribution < 1.29 is 14.6 Å². The predicted molar refractivity (Wildman–Crippen MR) is 75.0 cm³/mol. The fourth-order valence-corrected chi connectivity index (χ4v) is 1.91. The lowest BCUT2D eigenvalue weighted by Crippen LogP contribution is -1.99. The molecule has 98 valence electrons. The number of hydrogen-bond donors (Lipinski definition) is 1. The molecule has 0 unspecified atom stereocenters. The van der Waals surface area contributed by atoms with Crippen LogP contribution < -0.4 is 0 Å². The van der Waals surface area contributed by atoms with E-state index in [1.165, 1.54) is 29.5 Å². The molecule has 0 bridgehead atoms. The molecule has 0 aliphatic carbocycles. The highest BCUT2D eigenvalue weighted by Gasteiger charge is 2.01. The number of aliphatic carboxylic acids is 1. The minimum atomic E-state index is -0.954. The van der Waals surface area contributed by atoms with Crippen molar-refractivity contribution in [3.63, 3.8) is 0 Å². The number of carbonyl (C=O) groups is 1. The molecule has 19 heavy (non-hydrogen) atoms. The first kappa shape index (κ1) is 13.1. The van der Waals surface area contributed by atoms with Crippen LogP contribution in [-0.4, -0.2) is 17.7 Å². The van der Waals surface area contributed by atoms with E-state index in [9.17, 15) is 4.79 Å². The molecule has 1 N–H and O–H groups in total. The summed E-state index contributed by atoms with van der Waals surface area (Å²) in [6, 6.07) is 14.4. The van der Waals surface area contributed by atoms with E-state index in [1.807, 2.05) is 18.2 Å². The average molecular weight is 256 g/mol. The van der Waals surface area contributed by atoms with Gasteiger partial charge in [0.2, 0.25) is 0 Å². The van der Waals surface area contributed by atoms with Crippen LogP contribution in [0.2, 0.25) is 0 Å². The minimum Gasteiger partial charge on any atom is -0.500 e. The zero-order valence-corrected chi connectivity index (χ0v) is 10.8. The summed E-state index contributed by atoms with van der Waals surface area (Å²) in [5, 5.41) is 11.1. The molecular formula is C16H16O3. The Labute approximate surface area is 112 Å². The molecule has 3 heteroatoms. The molecule has 0 aromatic heterocycles. The Hall–Kier alpha value is -2.29. The van der Waals surface area contributed by atoms with E-state index >= 15 is 0 Å². The summed E-state index contributed by atoms with van der Waals surface area (Å²) in [4.78, 5) is 10.6. The summed E-state index contributed by atoms with van der Waals surface area (Å²) in [7, 11) is 0. The molecule has 0 heterocycles. The van der Waals surface area contributed by atoms with Crippen LogP contribution in [0.4, 0.5) is 0 Å². The lowest BCUT2D eigenvalue weighted by Gasteiger charge is -2.06. The van der Waals surface area contributed by atoms with Gasteiger partial charge in [-0.1, -0.05) is 42.5 Å². The van der Waals surface area contributed by atoms with Gasteiger partial charge in [-0.15, -0.1) is 0 Å². The topological polar surface area (TPSA) is 46.5 Å². The maximum Gasteiger partial charge on any atom is 0.334 e. The Bertz CT molecular complexity index is 609.